The summed E-state index contributed by atoms with van der Waals surface area (Å²) >= 11 is 0. The summed E-state index contributed by atoms with van der Waals surface area (Å²) in [5.74, 6) is -0.105. The molecule has 1 aromatic carbocycles. The van der Waals surface area contributed by atoms with Crippen LogP contribution in [0.2, 0.25) is 0 Å². The van der Waals surface area contributed by atoms with E-state index < -0.39 is 6.10 Å². The van der Waals surface area contributed by atoms with Crippen LogP contribution >= 0.6 is 0 Å². The van der Waals surface area contributed by atoms with Gasteiger partial charge in [-0.2, -0.15) is 0 Å². The van der Waals surface area contributed by atoms with Crippen LogP contribution in [0.4, 0.5) is 0 Å². The molecule has 1 aromatic rings. The van der Waals surface area contributed by atoms with Crippen molar-refractivity contribution >= 4 is 11.4 Å². The van der Waals surface area contributed by atoms with E-state index in [4.69, 9.17) is 5.11 Å². The number of carbonyl (C=O) groups is 1. The molecule has 1 atom stereocenters. The van der Waals surface area contributed by atoms with Gasteiger partial charge in [-0.25, -0.2) is 0 Å². The number of hydrogen-bond acceptors (Lipinski definition) is 2. The third-order valence-corrected chi connectivity index (χ3v) is 1.94. The molecule has 0 aliphatic carbocycles. The van der Waals surface area contributed by atoms with E-state index in [-0.39, 0.29) is 12.2 Å². The van der Waals surface area contributed by atoms with Crippen LogP contribution in [0.3, 0.4) is 0 Å². The second-order valence-electron chi connectivity index (χ2n) is 3.32. The minimum Gasteiger partial charge on any atom is -0.393 e. The van der Waals surface area contributed by atoms with Crippen molar-refractivity contribution in [2.45, 2.75) is 19.4 Å². The van der Waals surface area contributed by atoms with Gasteiger partial charge in [0.05, 0.1) is 6.10 Å². The molecule has 0 fully saturated rings. The number of allylic oxidation sites excluding steroid dienone is 1. The maximum atomic E-state index is 11.5. The number of benzene rings is 1. The number of rotatable bonds is 4. The minimum atomic E-state index is -0.608. The first kappa shape index (κ1) is 10.7. The van der Waals surface area contributed by atoms with E-state index >= 15 is 0 Å². The molecule has 0 aliphatic rings. The SMILES string of the molecule is C=C(C(=O)CC(C)O)c1ccccc1. The number of aliphatic hydroxyl groups is 1. The number of carbonyl (C=O) groups excluding carboxylic acids is 1. The predicted molar refractivity (Wildman–Crippen MR) is 56.8 cm³/mol. The van der Waals surface area contributed by atoms with Crippen LogP contribution in [0.5, 0.6) is 0 Å². The van der Waals surface area contributed by atoms with Gasteiger partial charge >= 0.3 is 0 Å². The van der Waals surface area contributed by atoms with E-state index in [9.17, 15) is 4.79 Å². The lowest BCUT2D eigenvalue weighted by Gasteiger charge is -2.06. The quantitative estimate of drug-likeness (QED) is 0.738. The molecule has 74 valence electrons. The fraction of sp³-hybridized carbons (Fsp3) is 0.250. The molecule has 0 heterocycles. The Balaban J connectivity index is 2.72. The van der Waals surface area contributed by atoms with Crippen molar-refractivity contribution < 1.29 is 9.90 Å². The highest BCUT2D eigenvalue weighted by atomic mass is 16.3. The Morgan fingerprint density at radius 3 is 2.50 bits per heavy atom. The van der Waals surface area contributed by atoms with Crippen molar-refractivity contribution in [1.29, 1.82) is 0 Å². The predicted octanol–water partition coefficient (Wildman–Crippen LogP) is 2.04. The van der Waals surface area contributed by atoms with Gasteiger partial charge in [0.2, 0.25) is 0 Å². The molecule has 0 aliphatic heterocycles. The summed E-state index contributed by atoms with van der Waals surface area (Å²) in [7, 11) is 0. The van der Waals surface area contributed by atoms with E-state index in [0.29, 0.717) is 5.57 Å². The van der Waals surface area contributed by atoms with Crippen molar-refractivity contribution in [2.24, 2.45) is 0 Å². The molecule has 0 saturated heterocycles. The average molecular weight is 190 g/mol. The van der Waals surface area contributed by atoms with Crippen molar-refractivity contribution in [1.82, 2.24) is 0 Å². The smallest absolute Gasteiger partial charge is 0.165 e. The monoisotopic (exact) mass is 190 g/mol. The lowest BCUT2D eigenvalue weighted by Crippen LogP contribution is -2.10. The number of hydrogen-bond donors (Lipinski definition) is 1. The van der Waals surface area contributed by atoms with Gasteiger partial charge in [0.1, 0.15) is 0 Å². The van der Waals surface area contributed by atoms with Gasteiger partial charge in [0.25, 0.3) is 0 Å². The first-order valence-electron chi connectivity index (χ1n) is 4.57. The molecule has 0 bridgehead atoms. The largest absolute Gasteiger partial charge is 0.393 e. The molecular formula is C12H14O2. The van der Waals surface area contributed by atoms with Crippen LogP contribution < -0.4 is 0 Å². The Morgan fingerprint density at radius 2 is 2.00 bits per heavy atom. The first-order chi connectivity index (χ1) is 6.61. The minimum absolute atomic E-state index is 0.105. The third-order valence-electron chi connectivity index (χ3n) is 1.94. The highest BCUT2D eigenvalue weighted by Crippen LogP contribution is 2.14. The van der Waals surface area contributed by atoms with Gasteiger partial charge in [0, 0.05) is 12.0 Å². The van der Waals surface area contributed by atoms with Crippen LogP contribution in [0, 0.1) is 0 Å². The standard InChI is InChI=1S/C12H14O2/c1-9(13)8-12(14)10(2)11-6-4-3-5-7-11/h3-7,9,13H,2,8H2,1H3. The Kier molecular flexibility index (Phi) is 3.60. The zero-order chi connectivity index (χ0) is 10.6. The van der Waals surface area contributed by atoms with Crippen LogP contribution in [0.15, 0.2) is 36.9 Å². The molecule has 0 aromatic heterocycles. The van der Waals surface area contributed by atoms with Crippen molar-refractivity contribution in [3.05, 3.63) is 42.5 Å². The van der Waals surface area contributed by atoms with E-state index in [0.717, 1.165) is 5.56 Å². The average Bonchev–Trinajstić information content (AvgIpc) is 2.17. The topological polar surface area (TPSA) is 37.3 Å². The molecule has 14 heavy (non-hydrogen) atoms. The Morgan fingerprint density at radius 1 is 1.43 bits per heavy atom. The van der Waals surface area contributed by atoms with Crippen LogP contribution in [0.25, 0.3) is 5.57 Å². The van der Waals surface area contributed by atoms with Crippen molar-refractivity contribution in [3.8, 4) is 0 Å². The van der Waals surface area contributed by atoms with E-state index in [1.54, 1.807) is 6.92 Å². The second kappa shape index (κ2) is 4.72. The maximum absolute atomic E-state index is 11.5. The van der Waals surface area contributed by atoms with E-state index in [2.05, 4.69) is 6.58 Å². The Labute approximate surface area is 83.9 Å². The highest BCUT2D eigenvalue weighted by molar-refractivity contribution is 6.20. The highest BCUT2D eigenvalue weighted by Gasteiger charge is 2.11. The van der Waals surface area contributed by atoms with Crippen LogP contribution in [-0.4, -0.2) is 17.0 Å². The Hall–Kier alpha value is -1.41. The summed E-state index contributed by atoms with van der Waals surface area (Å²) in [5, 5.41) is 9.06. The summed E-state index contributed by atoms with van der Waals surface area (Å²) in [4.78, 5) is 11.5. The summed E-state index contributed by atoms with van der Waals surface area (Å²) in [5.41, 5.74) is 1.28. The van der Waals surface area contributed by atoms with Crippen LogP contribution in [0.1, 0.15) is 18.9 Å². The second-order valence-corrected chi connectivity index (χ2v) is 3.32. The molecule has 1 unspecified atom stereocenters. The molecule has 2 nitrogen and oxygen atoms in total. The fourth-order valence-electron chi connectivity index (χ4n) is 1.19. The summed E-state index contributed by atoms with van der Waals surface area (Å²) in [6.45, 7) is 5.31. The molecule has 0 saturated carbocycles. The summed E-state index contributed by atoms with van der Waals surface area (Å²) in [6, 6.07) is 9.27. The summed E-state index contributed by atoms with van der Waals surface area (Å²) in [6.07, 6.45) is -0.476. The molecule has 0 spiro atoms. The van der Waals surface area contributed by atoms with E-state index in [1.165, 1.54) is 0 Å². The van der Waals surface area contributed by atoms with Crippen molar-refractivity contribution in [2.75, 3.05) is 0 Å². The molecule has 0 amide bonds. The van der Waals surface area contributed by atoms with Gasteiger partial charge in [0.15, 0.2) is 5.78 Å². The van der Waals surface area contributed by atoms with Gasteiger partial charge < -0.3 is 5.11 Å². The fourth-order valence-corrected chi connectivity index (χ4v) is 1.19. The first-order valence-corrected chi connectivity index (χ1v) is 4.57. The van der Waals surface area contributed by atoms with Crippen LogP contribution in [-0.2, 0) is 4.79 Å². The molecule has 2 heteroatoms. The number of ketones is 1. The lowest BCUT2D eigenvalue weighted by atomic mass is 10.0. The zero-order valence-electron chi connectivity index (χ0n) is 8.23. The third kappa shape index (κ3) is 2.82. The molecular weight excluding hydrogens is 176 g/mol. The van der Waals surface area contributed by atoms with Gasteiger partial charge in [-0.05, 0) is 12.5 Å². The van der Waals surface area contributed by atoms with Gasteiger partial charge in [-0.1, -0.05) is 36.9 Å². The van der Waals surface area contributed by atoms with E-state index in [1.807, 2.05) is 30.3 Å². The lowest BCUT2D eigenvalue weighted by molar-refractivity contribution is -0.115. The van der Waals surface area contributed by atoms with Gasteiger partial charge in [-0.15, -0.1) is 0 Å². The number of aliphatic hydroxyl groups excluding tert-OH is 1. The molecule has 1 rings (SSSR count). The maximum Gasteiger partial charge on any atom is 0.165 e. The summed E-state index contributed by atoms with van der Waals surface area (Å²) < 4.78 is 0. The normalized spacial score (nSPS) is 12.1. The molecule has 0 radical (unpaired) electrons. The van der Waals surface area contributed by atoms with Gasteiger partial charge in [-0.3, -0.25) is 4.79 Å². The Bertz CT molecular complexity index is 325. The van der Waals surface area contributed by atoms with Crippen molar-refractivity contribution in [3.63, 3.8) is 0 Å². The molecule has 1 N–H and O–H groups in total. The zero-order valence-corrected chi connectivity index (χ0v) is 8.23. The number of Topliss-reactive ketones (excluding diaryl/α,β-unsaturated/α-hetero) is 1.